The summed E-state index contributed by atoms with van der Waals surface area (Å²) < 4.78 is 5.38. The Labute approximate surface area is 212 Å². The number of ether oxygens (including phenoxy) is 1. The van der Waals surface area contributed by atoms with Crippen LogP contribution in [0.1, 0.15) is 43.9 Å². The topological polar surface area (TPSA) is 134 Å². The first-order valence-corrected chi connectivity index (χ1v) is 12.4. The predicted molar refractivity (Wildman–Crippen MR) is 144 cm³/mol. The molecule has 1 atom stereocenters. The Morgan fingerprint density at radius 2 is 2.22 bits per heavy atom. The largest absolute Gasteiger partial charge is 0.497 e. The third kappa shape index (κ3) is 6.32. The number of nitrogens with zero attached hydrogens (tertiary/aromatic N) is 5. The minimum absolute atomic E-state index is 0.371. The summed E-state index contributed by atoms with van der Waals surface area (Å²) >= 11 is 0. The number of rotatable bonds is 11. The SMILES string of the molecule is C=C(CCC)CNC1CCCN(c2ccc(CN(N)/C=C(\N)c3cc(OC)cc4[nH]ncc34)nn2)C1. The van der Waals surface area contributed by atoms with Crippen LogP contribution in [0.2, 0.25) is 0 Å². The van der Waals surface area contributed by atoms with Crippen LogP contribution < -0.4 is 26.5 Å². The number of hydrazine groups is 1. The van der Waals surface area contributed by atoms with E-state index in [0.29, 0.717) is 24.0 Å². The molecular weight excluding hydrogens is 454 g/mol. The molecule has 1 aliphatic heterocycles. The van der Waals surface area contributed by atoms with Gasteiger partial charge in [0.2, 0.25) is 0 Å². The molecular formula is C26H37N9O. The van der Waals surface area contributed by atoms with E-state index in [-0.39, 0.29) is 0 Å². The summed E-state index contributed by atoms with van der Waals surface area (Å²) in [6.45, 7) is 9.49. The van der Waals surface area contributed by atoms with E-state index in [2.05, 4.69) is 44.1 Å². The molecule has 1 unspecified atom stereocenters. The molecule has 0 aliphatic carbocycles. The molecule has 1 aromatic carbocycles. The molecule has 1 saturated heterocycles. The van der Waals surface area contributed by atoms with Gasteiger partial charge in [0.15, 0.2) is 5.82 Å². The van der Waals surface area contributed by atoms with Gasteiger partial charge < -0.3 is 25.7 Å². The van der Waals surface area contributed by atoms with E-state index in [0.717, 1.165) is 73.3 Å². The molecule has 192 valence electrons. The van der Waals surface area contributed by atoms with Crippen LogP contribution in [0.15, 0.2) is 48.8 Å². The van der Waals surface area contributed by atoms with Crippen molar-refractivity contribution in [1.82, 2.24) is 30.7 Å². The van der Waals surface area contributed by atoms with E-state index in [1.165, 1.54) is 10.6 Å². The number of H-pyrrole nitrogens is 1. The fourth-order valence-electron chi connectivity index (χ4n) is 4.55. The second-order valence-corrected chi connectivity index (χ2v) is 9.31. The zero-order chi connectivity index (χ0) is 25.5. The highest BCUT2D eigenvalue weighted by Gasteiger charge is 2.21. The van der Waals surface area contributed by atoms with Gasteiger partial charge in [-0.2, -0.15) is 10.2 Å². The highest BCUT2D eigenvalue weighted by atomic mass is 16.5. The van der Waals surface area contributed by atoms with Gasteiger partial charge in [0.05, 0.1) is 36.8 Å². The van der Waals surface area contributed by atoms with Gasteiger partial charge >= 0.3 is 0 Å². The normalized spacial score (nSPS) is 16.4. The molecule has 36 heavy (non-hydrogen) atoms. The van der Waals surface area contributed by atoms with E-state index in [9.17, 15) is 0 Å². The van der Waals surface area contributed by atoms with Crippen molar-refractivity contribution < 1.29 is 4.74 Å². The quantitative estimate of drug-likeness (QED) is 0.181. The maximum atomic E-state index is 6.38. The summed E-state index contributed by atoms with van der Waals surface area (Å²) in [5, 5.41) is 22.0. The van der Waals surface area contributed by atoms with Gasteiger partial charge in [-0.3, -0.25) is 5.10 Å². The van der Waals surface area contributed by atoms with E-state index >= 15 is 0 Å². The van der Waals surface area contributed by atoms with Crippen molar-refractivity contribution in [2.45, 2.75) is 45.2 Å². The molecule has 10 heteroatoms. The average Bonchev–Trinajstić information content (AvgIpc) is 3.36. The van der Waals surface area contributed by atoms with Crippen LogP contribution in [0.5, 0.6) is 5.75 Å². The van der Waals surface area contributed by atoms with E-state index < -0.39 is 0 Å². The molecule has 1 aliphatic rings. The fourth-order valence-corrected chi connectivity index (χ4v) is 4.55. The molecule has 4 rings (SSSR count). The highest BCUT2D eigenvalue weighted by molar-refractivity contribution is 5.91. The molecule has 10 nitrogen and oxygen atoms in total. The Morgan fingerprint density at radius 3 is 2.97 bits per heavy atom. The minimum Gasteiger partial charge on any atom is -0.497 e. The molecule has 2 aromatic heterocycles. The van der Waals surface area contributed by atoms with Gasteiger partial charge in [-0.15, -0.1) is 5.10 Å². The lowest BCUT2D eigenvalue weighted by Gasteiger charge is -2.34. The number of hydrogen-bond acceptors (Lipinski definition) is 9. The van der Waals surface area contributed by atoms with Crippen molar-refractivity contribution in [3.63, 3.8) is 0 Å². The summed E-state index contributed by atoms with van der Waals surface area (Å²) in [7, 11) is 1.62. The maximum absolute atomic E-state index is 6.38. The van der Waals surface area contributed by atoms with E-state index in [4.69, 9.17) is 16.3 Å². The molecule has 0 saturated carbocycles. The van der Waals surface area contributed by atoms with E-state index in [1.54, 1.807) is 19.5 Å². The summed E-state index contributed by atoms with van der Waals surface area (Å²) in [5.41, 5.74) is 10.5. The standard InChI is InChI=1S/C26H37N9O/c1-4-6-18(2)13-29-19-7-5-10-34(15-19)26-9-8-20(31-33-26)16-35(28)17-24(27)22-11-21(36-3)12-25-23(22)14-30-32-25/h8-9,11-12,14,17,19,29H,2,4-7,10,13,15-16,27-28H2,1,3H3,(H,30,32)/b24-17-. The van der Waals surface area contributed by atoms with Crippen LogP contribution in [-0.2, 0) is 6.54 Å². The van der Waals surface area contributed by atoms with Crippen LogP contribution in [0, 0.1) is 0 Å². The lowest BCUT2D eigenvalue weighted by Crippen LogP contribution is -2.46. The third-order valence-electron chi connectivity index (χ3n) is 6.42. The fraction of sp³-hybridized carbons (Fsp3) is 0.423. The van der Waals surface area contributed by atoms with Gasteiger partial charge in [0.1, 0.15) is 5.75 Å². The van der Waals surface area contributed by atoms with Crippen LogP contribution in [0.25, 0.3) is 16.6 Å². The summed E-state index contributed by atoms with van der Waals surface area (Å²) in [6.07, 6.45) is 7.91. The van der Waals surface area contributed by atoms with E-state index in [1.807, 2.05) is 24.3 Å². The summed E-state index contributed by atoms with van der Waals surface area (Å²) in [4.78, 5) is 2.29. The number of aromatic amines is 1. The predicted octanol–water partition coefficient (Wildman–Crippen LogP) is 2.91. The highest BCUT2D eigenvalue weighted by Crippen LogP contribution is 2.27. The number of piperidine rings is 1. The van der Waals surface area contributed by atoms with Crippen molar-refractivity contribution >= 4 is 22.4 Å². The number of hydrogen-bond donors (Lipinski definition) is 4. The Bertz CT molecular complexity index is 1190. The lowest BCUT2D eigenvalue weighted by molar-refractivity contribution is 0.380. The van der Waals surface area contributed by atoms with Crippen LogP contribution in [-0.4, -0.2) is 58.2 Å². The molecule has 6 N–H and O–H groups in total. The molecule has 3 heterocycles. The van der Waals surface area contributed by atoms with Crippen LogP contribution in [0.4, 0.5) is 5.82 Å². The lowest BCUT2D eigenvalue weighted by atomic mass is 10.0. The van der Waals surface area contributed by atoms with Crippen molar-refractivity contribution in [3.8, 4) is 5.75 Å². The van der Waals surface area contributed by atoms with Crippen molar-refractivity contribution in [1.29, 1.82) is 0 Å². The first-order chi connectivity index (χ1) is 17.5. The van der Waals surface area contributed by atoms with Crippen molar-refractivity contribution in [2.75, 3.05) is 31.6 Å². The Kier molecular flexibility index (Phi) is 8.40. The number of nitrogens with one attached hydrogen (secondary N) is 2. The number of methoxy groups -OCH3 is 1. The Hall–Kier alpha value is -3.63. The summed E-state index contributed by atoms with van der Waals surface area (Å²) in [5.74, 6) is 7.81. The van der Waals surface area contributed by atoms with Gasteiger partial charge in [0.25, 0.3) is 0 Å². The molecule has 3 aromatic rings. The number of fused-ring (bicyclic) bond motifs is 1. The van der Waals surface area contributed by atoms with Crippen LogP contribution in [0.3, 0.4) is 0 Å². The zero-order valence-electron chi connectivity index (χ0n) is 21.2. The first-order valence-electron chi connectivity index (χ1n) is 12.4. The number of nitrogens with two attached hydrogens (primary N) is 2. The van der Waals surface area contributed by atoms with Crippen molar-refractivity contribution in [3.05, 3.63) is 60.1 Å². The number of benzene rings is 1. The van der Waals surface area contributed by atoms with Crippen molar-refractivity contribution in [2.24, 2.45) is 11.6 Å². The van der Waals surface area contributed by atoms with Gasteiger partial charge in [-0.1, -0.05) is 25.5 Å². The molecule has 1 fully saturated rings. The van der Waals surface area contributed by atoms with Gasteiger partial charge in [-0.25, -0.2) is 5.84 Å². The van der Waals surface area contributed by atoms with Crippen LogP contribution >= 0.6 is 0 Å². The molecule has 0 spiro atoms. The second-order valence-electron chi connectivity index (χ2n) is 9.31. The van der Waals surface area contributed by atoms with Gasteiger partial charge in [0, 0.05) is 48.9 Å². The smallest absolute Gasteiger partial charge is 0.151 e. The number of anilines is 1. The second kappa shape index (κ2) is 11.9. The maximum Gasteiger partial charge on any atom is 0.151 e. The number of aromatic nitrogens is 4. The minimum atomic E-state index is 0.371. The Morgan fingerprint density at radius 1 is 1.36 bits per heavy atom. The first kappa shape index (κ1) is 25.5. The Balaban J connectivity index is 1.36. The summed E-state index contributed by atoms with van der Waals surface area (Å²) in [6, 6.07) is 8.15. The van der Waals surface area contributed by atoms with Gasteiger partial charge in [-0.05, 0) is 37.5 Å². The molecule has 0 bridgehead atoms. The molecule has 0 amide bonds. The monoisotopic (exact) mass is 491 g/mol. The zero-order valence-corrected chi connectivity index (χ0v) is 21.2. The average molecular weight is 492 g/mol. The molecule has 0 radical (unpaired) electrons. The third-order valence-corrected chi connectivity index (χ3v) is 6.42.